The van der Waals surface area contributed by atoms with Gasteiger partial charge in [0.1, 0.15) is 0 Å². The molecule has 1 aromatic rings. The summed E-state index contributed by atoms with van der Waals surface area (Å²) in [5.41, 5.74) is 7.23. The van der Waals surface area contributed by atoms with Gasteiger partial charge in [-0.1, -0.05) is 33.3 Å². The maximum Gasteiger partial charge on any atom is 0.0367 e. The van der Waals surface area contributed by atoms with Gasteiger partial charge >= 0.3 is 0 Å². The number of nitrogens with zero attached hydrogens (tertiary/aromatic N) is 1. The fourth-order valence-corrected chi connectivity index (χ4v) is 3.84. The fraction of sp³-hybridized carbons (Fsp3) is 0.600. The topological polar surface area (TPSA) is 3.24 Å². The van der Waals surface area contributed by atoms with Crippen LogP contribution < -0.4 is 0 Å². The first-order valence-electron chi connectivity index (χ1n) is 8.44. The molecule has 0 atom stereocenters. The number of aryl methyl sites for hydroxylation is 2. The van der Waals surface area contributed by atoms with E-state index in [1.165, 1.54) is 66.7 Å². The Hall–Kier alpha value is -1.24. The predicted octanol–water partition coefficient (Wildman–Crippen LogP) is 5.48. The van der Waals surface area contributed by atoms with Crippen molar-refractivity contribution in [3.05, 3.63) is 41.0 Å². The van der Waals surface area contributed by atoms with Crippen LogP contribution in [0.4, 0.5) is 0 Å². The molecule has 2 rings (SSSR count). The van der Waals surface area contributed by atoms with Crippen LogP contribution in [0, 0.1) is 26.2 Å². The molecule has 0 aromatic heterocycles. The van der Waals surface area contributed by atoms with Crippen molar-refractivity contribution in [2.45, 2.75) is 60.3 Å². The molecule has 1 nitrogen and oxygen atoms in total. The second-order valence-electron chi connectivity index (χ2n) is 7.04. The zero-order valence-electron chi connectivity index (χ0n) is 14.6. The minimum absolute atomic E-state index is 0.557. The number of hydrogen-bond donors (Lipinski definition) is 0. The number of rotatable bonds is 6. The third kappa shape index (κ3) is 3.17. The van der Waals surface area contributed by atoms with Gasteiger partial charge < -0.3 is 4.90 Å². The molecule has 1 aromatic carbocycles. The lowest BCUT2D eigenvalue weighted by Gasteiger charge is -2.52. The molecule has 0 radical (unpaired) electrons. The minimum Gasteiger partial charge on any atom is -0.370 e. The third-order valence-electron chi connectivity index (χ3n) is 5.26. The highest BCUT2D eigenvalue weighted by Gasteiger charge is 2.41. The van der Waals surface area contributed by atoms with E-state index in [2.05, 4.69) is 58.2 Å². The Balaban J connectivity index is 2.10. The van der Waals surface area contributed by atoms with E-state index in [-0.39, 0.29) is 0 Å². The number of benzene rings is 1. The van der Waals surface area contributed by atoms with Gasteiger partial charge in [-0.05, 0) is 68.0 Å². The van der Waals surface area contributed by atoms with E-state index in [1.54, 1.807) is 0 Å². The van der Waals surface area contributed by atoms with Crippen LogP contribution in [0.3, 0.4) is 0 Å². The second-order valence-corrected chi connectivity index (χ2v) is 7.04. The van der Waals surface area contributed by atoms with Crippen molar-refractivity contribution in [2.75, 3.05) is 13.1 Å². The van der Waals surface area contributed by atoms with Crippen molar-refractivity contribution >= 4 is 5.70 Å². The van der Waals surface area contributed by atoms with Gasteiger partial charge in [0.15, 0.2) is 0 Å². The van der Waals surface area contributed by atoms with E-state index in [1.807, 2.05) is 0 Å². The van der Waals surface area contributed by atoms with Crippen molar-refractivity contribution in [1.29, 1.82) is 0 Å². The molecule has 1 aliphatic heterocycles. The first kappa shape index (κ1) is 16.1. The first-order chi connectivity index (χ1) is 9.92. The normalized spacial score (nSPS) is 16.7. The van der Waals surface area contributed by atoms with Crippen LogP contribution in [0.1, 0.15) is 61.8 Å². The molecule has 1 heterocycles. The molecule has 1 aliphatic rings. The Morgan fingerprint density at radius 1 is 1.05 bits per heavy atom. The molecule has 0 unspecified atom stereocenters. The van der Waals surface area contributed by atoms with Gasteiger partial charge in [-0.2, -0.15) is 0 Å². The highest BCUT2D eigenvalue weighted by atomic mass is 15.2. The monoisotopic (exact) mass is 285 g/mol. The van der Waals surface area contributed by atoms with Crippen molar-refractivity contribution in [2.24, 2.45) is 5.41 Å². The van der Waals surface area contributed by atoms with Crippen molar-refractivity contribution in [3.8, 4) is 0 Å². The smallest absolute Gasteiger partial charge is 0.0367 e. The van der Waals surface area contributed by atoms with E-state index in [9.17, 15) is 0 Å². The SMILES string of the molecule is C=C(c1cc(C)c(C)c(C)c1)N1CC(CCC)(CCC)C1. The highest BCUT2D eigenvalue weighted by molar-refractivity contribution is 5.65. The number of hydrogen-bond acceptors (Lipinski definition) is 1. The van der Waals surface area contributed by atoms with Crippen LogP contribution in [0.25, 0.3) is 5.70 Å². The van der Waals surface area contributed by atoms with Gasteiger partial charge in [-0.25, -0.2) is 0 Å². The maximum atomic E-state index is 4.37. The quantitative estimate of drug-likeness (QED) is 0.668. The third-order valence-corrected chi connectivity index (χ3v) is 5.26. The highest BCUT2D eigenvalue weighted by Crippen LogP contribution is 2.43. The molecule has 1 fully saturated rings. The largest absolute Gasteiger partial charge is 0.370 e. The molecular weight excluding hydrogens is 254 g/mol. The van der Waals surface area contributed by atoms with Gasteiger partial charge in [-0.3, -0.25) is 0 Å². The summed E-state index contributed by atoms with van der Waals surface area (Å²) in [6.45, 7) is 18.0. The van der Waals surface area contributed by atoms with Crippen LogP contribution >= 0.6 is 0 Å². The summed E-state index contributed by atoms with van der Waals surface area (Å²) in [5.74, 6) is 0. The molecule has 0 saturated carbocycles. The van der Waals surface area contributed by atoms with Crippen LogP contribution in [0.5, 0.6) is 0 Å². The van der Waals surface area contributed by atoms with E-state index in [4.69, 9.17) is 0 Å². The minimum atomic E-state index is 0.557. The zero-order valence-corrected chi connectivity index (χ0v) is 14.6. The van der Waals surface area contributed by atoms with Gasteiger partial charge in [0.05, 0.1) is 0 Å². The fourth-order valence-electron chi connectivity index (χ4n) is 3.84. The summed E-state index contributed by atoms with van der Waals surface area (Å²) >= 11 is 0. The van der Waals surface area contributed by atoms with Crippen LogP contribution in [-0.4, -0.2) is 18.0 Å². The van der Waals surface area contributed by atoms with E-state index < -0.39 is 0 Å². The van der Waals surface area contributed by atoms with Gasteiger partial charge in [0.25, 0.3) is 0 Å². The molecule has 0 aliphatic carbocycles. The second kappa shape index (κ2) is 6.25. The molecule has 0 amide bonds. The Morgan fingerprint density at radius 3 is 1.95 bits per heavy atom. The summed E-state index contributed by atoms with van der Waals surface area (Å²) in [6, 6.07) is 4.59. The van der Waals surface area contributed by atoms with E-state index in [0.717, 1.165) is 0 Å². The Kier molecular flexibility index (Phi) is 4.81. The molecule has 0 bridgehead atoms. The van der Waals surface area contributed by atoms with Gasteiger partial charge in [0.2, 0.25) is 0 Å². The standard InChI is InChI=1S/C20H31N/c1-7-9-20(10-8-2)13-21(14-20)18(6)19-11-15(3)17(5)16(4)12-19/h11-12H,6-10,13-14H2,1-5H3. The Morgan fingerprint density at radius 2 is 1.52 bits per heavy atom. The zero-order chi connectivity index (χ0) is 15.6. The molecule has 1 heteroatoms. The molecule has 116 valence electrons. The summed E-state index contributed by atoms with van der Waals surface area (Å²) in [5, 5.41) is 0. The molecular formula is C20H31N. The Labute approximate surface area is 131 Å². The van der Waals surface area contributed by atoms with E-state index >= 15 is 0 Å². The number of likely N-dealkylation sites (tertiary alicyclic amines) is 1. The molecule has 21 heavy (non-hydrogen) atoms. The van der Waals surface area contributed by atoms with E-state index in [0.29, 0.717) is 5.41 Å². The lowest BCUT2D eigenvalue weighted by molar-refractivity contribution is 0.0310. The lowest BCUT2D eigenvalue weighted by atomic mass is 9.72. The average molecular weight is 285 g/mol. The van der Waals surface area contributed by atoms with Crippen LogP contribution in [0.2, 0.25) is 0 Å². The molecule has 0 N–H and O–H groups in total. The summed E-state index contributed by atoms with van der Waals surface area (Å²) in [4.78, 5) is 2.48. The lowest BCUT2D eigenvalue weighted by Crippen LogP contribution is -2.54. The average Bonchev–Trinajstić information content (AvgIpc) is 2.40. The van der Waals surface area contributed by atoms with Crippen molar-refractivity contribution in [3.63, 3.8) is 0 Å². The van der Waals surface area contributed by atoms with Crippen LogP contribution in [0.15, 0.2) is 18.7 Å². The van der Waals surface area contributed by atoms with Crippen LogP contribution in [-0.2, 0) is 0 Å². The first-order valence-corrected chi connectivity index (χ1v) is 8.44. The summed E-state index contributed by atoms with van der Waals surface area (Å²) < 4.78 is 0. The predicted molar refractivity (Wildman–Crippen MR) is 93.5 cm³/mol. The van der Waals surface area contributed by atoms with Gasteiger partial charge in [-0.15, -0.1) is 0 Å². The molecule has 1 saturated heterocycles. The Bertz CT molecular complexity index is 490. The van der Waals surface area contributed by atoms with Crippen molar-refractivity contribution < 1.29 is 0 Å². The maximum absolute atomic E-state index is 4.37. The van der Waals surface area contributed by atoms with Crippen molar-refractivity contribution in [1.82, 2.24) is 4.90 Å². The molecule has 0 spiro atoms. The van der Waals surface area contributed by atoms with Gasteiger partial charge in [0, 0.05) is 24.2 Å². The summed E-state index contributed by atoms with van der Waals surface area (Å²) in [6.07, 6.45) is 5.30. The summed E-state index contributed by atoms with van der Waals surface area (Å²) in [7, 11) is 0.